The molecule has 0 saturated heterocycles. The van der Waals surface area contributed by atoms with Crippen molar-refractivity contribution < 1.29 is 4.74 Å². The molecular weight excluding hydrogens is 310 g/mol. The van der Waals surface area contributed by atoms with Gasteiger partial charge >= 0.3 is 0 Å². The lowest BCUT2D eigenvalue weighted by Gasteiger charge is -2.19. The number of fused-ring (bicyclic) bond motifs is 1. The predicted molar refractivity (Wildman–Crippen MR) is 94.0 cm³/mol. The standard InChI is InChI=1S/C17H19N3O2S/c1-17(2,3)10-22-12-6-4-11(5-7-12)20-15(21)13-8-9-18-14(13)19-16(20)23/h4-9,18H,10H2,1-3H3,(H,19,23). The number of benzene rings is 1. The van der Waals surface area contributed by atoms with Crippen LogP contribution in [-0.4, -0.2) is 21.1 Å². The van der Waals surface area contributed by atoms with Crippen LogP contribution in [-0.2, 0) is 0 Å². The molecule has 0 saturated carbocycles. The first-order valence-electron chi connectivity index (χ1n) is 7.41. The van der Waals surface area contributed by atoms with Crippen LogP contribution in [0.5, 0.6) is 5.75 Å². The second-order valence-electron chi connectivity index (χ2n) is 6.68. The maximum absolute atomic E-state index is 12.6. The number of hydrogen-bond donors (Lipinski definition) is 2. The zero-order valence-corrected chi connectivity index (χ0v) is 14.2. The topological polar surface area (TPSA) is 62.8 Å². The van der Waals surface area contributed by atoms with Crippen LogP contribution in [0.1, 0.15) is 20.8 Å². The molecule has 0 atom stereocenters. The zero-order chi connectivity index (χ0) is 16.6. The van der Waals surface area contributed by atoms with Crippen molar-refractivity contribution in [1.29, 1.82) is 0 Å². The van der Waals surface area contributed by atoms with Gasteiger partial charge in [-0.1, -0.05) is 20.8 Å². The molecule has 0 fully saturated rings. The molecule has 0 amide bonds. The smallest absolute Gasteiger partial charge is 0.268 e. The number of aromatic amines is 2. The van der Waals surface area contributed by atoms with Crippen LogP contribution < -0.4 is 10.3 Å². The third-order valence-electron chi connectivity index (χ3n) is 3.38. The van der Waals surface area contributed by atoms with Gasteiger partial charge in [0.25, 0.3) is 5.56 Å². The van der Waals surface area contributed by atoms with Gasteiger partial charge in [0.05, 0.1) is 17.7 Å². The van der Waals surface area contributed by atoms with E-state index in [0.29, 0.717) is 28.1 Å². The average Bonchev–Trinajstić information content (AvgIpc) is 2.94. The lowest BCUT2D eigenvalue weighted by atomic mass is 9.99. The quantitative estimate of drug-likeness (QED) is 0.718. The van der Waals surface area contributed by atoms with Crippen molar-refractivity contribution in [2.45, 2.75) is 20.8 Å². The fourth-order valence-corrected chi connectivity index (χ4v) is 2.54. The van der Waals surface area contributed by atoms with Crippen molar-refractivity contribution in [2.24, 2.45) is 5.41 Å². The Kier molecular flexibility index (Phi) is 3.85. The number of hydrogen-bond acceptors (Lipinski definition) is 3. The molecule has 3 rings (SSSR count). The number of rotatable bonds is 3. The monoisotopic (exact) mass is 329 g/mol. The highest BCUT2D eigenvalue weighted by Crippen LogP contribution is 2.19. The Labute approximate surface area is 138 Å². The van der Waals surface area contributed by atoms with Gasteiger partial charge in [0.2, 0.25) is 0 Å². The third kappa shape index (κ3) is 3.22. The minimum atomic E-state index is -0.145. The number of ether oxygens (including phenoxy) is 1. The molecule has 0 aliphatic rings. The Bertz CT molecular complexity index is 943. The van der Waals surface area contributed by atoms with Gasteiger partial charge in [-0.15, -0.1) is 0 Å². The van der Waals surface area contributed by atoms with E-state index in [1.807, 2.05) is 24.3 Å². The van der Waals surface area contributed by atoms with E-state index in [2.05, 4.69) is 30.7 Å². The summed E-state index contributed by atoms with van der Waals surface area (Å²) in [6.07, 6.45) is 1.71. The van der Waals surface area contributed by atoms with Crippen molar-refractivity contribution in [3.63, 3.8) is 0 Å². The van der Waals surface area contributed by atoms with Crippen LogP contribution in [0.2, 0.25) is 0 Å². The first-order valence-corrected chi connectivity index (χ1v) is 7.82. The van der Waals surface area contributed by atoms with Crippen LogP contribution in [0.15, 0.2) is 41.3 Å². The summed E-state index contributed by atoms with van der Waals surface area (Å²) in [7, 11) is 0. The van der Waals surface area contributed by atoms with Gasteiger partial charge in [0.15, 0.2) is 4.77 Å². The number of aromatic nitrogens is 3. The predicted octanol–water partition coefficient (Wildman–Crippen LogP) is 3.80. The van der Waals surface area contributed by atoms with Crippen molar-refractivity contribution in [1.82, 2.24) is 14.5 Å². The molecule has 6 heteroatoms. The van der Waals surface area contributed by atoms with E-state index >= 15 is 0 Å². The van der Waals surface area contributed by atoms with Crippen LogP contribution >= 0.6 is 12.2 Å². The molecule has 0 aliphatic heterocycles. The highest BCUT2D eigenvalue weighted by molar-refractivity contribution is 7.71. The summed E-state index contributed by atoms with van der Waals surface area (Å²) < 4.78 is 7.59. The van der Waals surface area contributed by atoms with E-state index in [-0.39, 0.29) is 11.0 Å². The van der Waals surface area contributed by atoms with E-state index in [0.717, 1.165) is 5.75 Å². The SMILES string of the molecule is CC(C)(C)COc1ccc(-n2c(=S)[nH]c3[nH]ccc3c2=O)cc1. The maximum Gasteiger partial charge on any atom is 0.268 e. The molecular formula is C17H19N3O2S. The van der Waals surface area contributed by atoms with Crippen LogP contribution in [0.25, 0.3) is 16.7 Å². The summed E-state index contributed by atoms with van der Waals surface area (Å²) in [4.78, 5) is 18.6. The maximum atomic E-state index is 12.6. The van der Waals surface area contributed by atoms with Crippen molar-refractivity contribution in [3.8, 4) is 11.4 Å². The fraction of sp³-hybridized carbons (Fsp3) is 0.294. The lowest BCUT2D eigenvalue weighted by Crippen LogP contribution is -2.20. The van der Waals surface area contributed by atoms with E-state index in [1.165, 1.54) is 4.57 Å². The molecule has 2 N–H and O–H groups in total. The van der Waals surface area contributed by atoms with E-state index in [1.54, 1.807) is 12.3 Å². The molecule has 23 heavy (non-hydrogen) atoms. The van der Waals surface area contributed by atoms with Crippen molar-refractivity contribution in [3.05, 3.63) is 51.7 Å². The number of nitrogens with zero attached hydrogens (tertiary/aromatic N) is 1. The highest BCUT2D eigenvalue weighted by atomic mass is 32.1. The molecule has 0 aliphatic carbocycles. The van der Waals surface area contributed by atoms with E-state index in [4.69, 9.17) is 17.0 Å². The summed E-state index contributed by atoms with van der Waals surface area (Å²) in [6, 6.07) is 9.11. The third-order valence-corrected chi connectivity index (χ3v) is 3.67. The van der Waals surface area contributed by atoms with Crippen LogP contribution in [0.3, 0.4) is 0 Å². The number of nitrogens with one attached hydrogen (secondary N) is 2. The Balaban J connectivity index is 1.97. The van der Waals surface area contributed by atoms with Crippen molar-refractivity contribution >= 4 is 23.3 Å². The summed E-state index contributed by atoms with van der Waals surface area (Å²) in [5.74, 6) is 0.773. The van der Waals surface area contributed by atoms with Crippen LogP contribution in [0, 0.1) is 10.2 Å². The first-order chi connectivity index (χ1) is 10.8. The Morgan fingerprint density at radius 3 is 2.52 bits per heavy atom. The lowest BCUT2D eigenvalue weighted by molar-refractivity contribution is 0.198. The second kappa shape index (κ2) is 5.70. The molecule has 0 unspecified atom stereocenters. The molecule has 5 nitrogen and oxygen atoms in total. The summed E-state index contributed by atoms with van der Waals surface area (Å²) in [5, 5.41) is 0.576. The van der Waals surface area contributed by atoms with Gasteiger partial charge in [-0.3, -0.25) is 9.36 Å². The summed E-state index contributed by atoms with van der Waals surface area (Å²) in [5.41, 5.74) is 1.30. The van der Waals surface area contributed by atoms with Gasteiger partial charge < -0.3 is 14.7 Å². The van der Waals surface area contributed by atoms with E-state index in [9.17, 15) is 4.79 Å². The molecule has 3 aromatic rings. The Morgan fingerprint density at radius 1 is 1.17 bits per heavy atom. The van der Waals surface area contributed by atoms with E-state index < -0.39 is 0 Å². The molecule has 0 spiro atoms. The minimum Gasteiger partial charge on any atom is -0.493 e. The molecule has 2 heterocycles. The number of H-pyrrole nitrogens is 2. The minimum absolute atomic E-state index is 0.0949. The molecule has 120 valence electrons. The van der Waals surface area contributed by atoms with Crippen LogP contribution in [0.4, 0.5) is 0 Å². The normalized spacial score (nSPS) is 11.8. The zero-order valence-electron chi connectivity index (χ0n) is 13.3. The van der Waals surface area contributed by atoms with Crippen molar-refractivity contribution in [2.75, 3.05) is 6.61 Å². The molecule has 0 bridgehead atoms. The molecule has 1 aromatic carbocycles. The van der Waals surface area contributed by atoms with Gasteiger partial charge in [-0.05, 0) is 48.0 Å². The summed E-state index contributed by atoms with van der Waals surface area (Å²) >= 11 is 5.30. The summed E-state index contributed by atoms with van der Waals surface area (Å²) in [6.45, 7) is 6.98. The first kappa shape index (κ1) is 15.6. The Hall–Kier alpha value is -2.34. The van der Waals surface area contributed by atoms with Gasteiger partial charge in [-0.25, -0.2) is 0 Å². The van der Waals surface area contributed by atoms with Gasteiger partial charge in [-0.2, -0.15) is 0 Å². The second-order valence-corrected chi connectivity index (χ2v) is 7.07. The largest absolute Gasteiger partial charge is 0.493 e. The highest BCUT2D eigenvalue weighted by Gasteiger charge is 2.12. The van der Waals surface area contributed by atoms with Gasteiger partial charge in [0, 0.05) is 6.20 Å². The molecule has 2 aromatic heterocycles. The van der Waals surface area contributed by atoms with Gasteiger partial charge in [0.1, 0.15) is 11.4 Å². The molecule has 0 radical (unpaired) electrons. The average molecular weight is 329 g/mol. The Morgan fingerprint density at radius 2 is 1.87 bits per heavy atom. The fourth-order valence-electron chi connectivity index (χ4n) is 2.25.